The molecule has 0 aliphatic rings. The van der Waals surface area contributed by atoms with Crippen LogP contribution in [0.2, 0.25) is 0 Å². The van der Waals surface area contributed by atoms with Crippen molar-refractivity contribution in [3.05, 3.63) is 29.6 Å². The van der Waals surface area contributed by atoms with E-state index >= 15 is 0 Å². The number of nitrogens with zero attached hydrogens (tertiary/aromatic N) is 1. The lowest BCUT2D eigenvalue weighted by Gasteiger charge is -2.04. The highest BCUT2D eigenvalue weighted by Gasteiger charge is 1.99. The summed E-state index contributed by atoms with van der Waals surface area (Å²) < 4.78 is 0. The highest BCUT2D eigenvalue weighted by molar-refractivity contribution is 5.16. The molecule has 66 valence electrons. The van der Waals surface area contributed by atoms with E-state index in [1.165, 1.54) is 0 Å². The molecule has 0 amide bonds. The first-order chi connectivity index (χ1) is 5.74. The molecule has 0 aliphatic heterocycles. The van der Waals surface area contributed by atoms with E-state index in [1.807, 2.05) is 18.3 Å². The predicted octanol–water partition coefficient (Wildman–Crippen LogP) is 1.74. The van der Waals surface area contributed by atoms with Gasteiger partial charge in [0, 0.05) is 18.5 Å². The standard InChI is InChI=1S/C10H15NO/c1-8(2)10-4-3-9(5-6-12)7-11-10/h3-4,7-8,12H,5-6H2,1-2H3. The van der Waals surface area contributed by atoms with Crippen molar-refractivity contribution in [1.29, 1.82) is 0 Å². The Hall–Kier alpha value is -0.890. The van der Waals surface area contributed by atoms with E-state index < -0.39 is 0 Å². The average Bonchev–Trinajstić information content (AvgIpc) is 2.06. The van der Waals surface area contributed by atoms with Gasteiger partial charge in [0.25, 0.3) is 0 Å². The van der Waals surface area contributed by atoms with Gasteiger partial charge in [-0.05, 0) is 24.0 Å². The van der Waals surface area contributed by atoms with Gasteiger partial charge in [-0.25, -0.2) is 0 Å². The minimum Gasteiger partial charge on any atom is -0.396 e. The van der Waals surface area contributed by atoms with Crippen molar-refractivity contribution in [3.63, 3.8) is 0 Å². The lowest BCUT2D eigenvalue weighted by atomic mass is 10.1. The Bertz CT molecular complexity index is 228. The van der Waals surface area contributed by atoms with E-state index in [0.717, 1.165) is 11.3 Å². The van der Waals surface area contributed by atoms with Crippen LogP contribution in [-0.2, 0) is 6.42 Å². The summed E-state index contributed by atoms with van der Waals surface area (Å²) in [5.74, 6) is 0.480. The molecule has 0 atom stereocenters. The summed E-state index contributed by atoms with van der Waals surface area (Å²) in [6, 6.07) is 4.05. The Labute approximate surface area is 73.3 Å². The Morgan fingerprint density at radius 1 is 1.42 bits per heavy atom. The number of rotatable bonds is 3. The van der Waals surface area contributed by atoms with Crippen molar-refractivity contribution in [2.24, 2.45) is 0 Å². The molecule has 1 aromatic rings. The molecule has 0 fully saturated rings. The summed E-state index contributed by atoms with van der Waals surface area (Å²) in [6.45, 7) is 4.44. The predicted molar refractivity (Wildman–Crippen MR) is 49.1 cm³/mol. The maximum atomic E-state index is 8.67. The molecular weight excluding hydrogens is 150 g/mol. The highest BCUT2D eigenvalue weighted by Crippen LogP contribution is 2.11. The molecule has 0 spiro atoms. The molecule has 1 N–H and O–H groups in total. The molecular formula is C10H15NO. The number of aliphatic hydroxyl groups is 1. The van der Waals surface area contributed by atoms with Crippen LogP contribution >= 0.6 is 0 Å². The fourth-order valence-electron chi connectivity index (χ4n) is 1.05. The Kier molecular flexibility index (Phi) is 3.23. The van der Waals surface area contributed by atoms with Crippen molar-refractivity contribution in [2.45, 2.75) is 26.2 Å². The first kappa shape index (κ1) is 9.20. The Morgan fingerprint density at radius 2 is 2.17 bits per heavy atom. The first-order valence-corrected chi connectivity index (χ1v) is 4.29. The maximum Gasteiger partial charge on any atom is 0.0472 e. The van der Waals surface area contributed by atoms with Crippen LogP contribution in [0.1, 0.15) is 31.0 Å². The van der Waals surface area contributed by atoms with Crippen LogP contribution in [-0.4, -0.2) is 16.7 Å². The van der Waals surface area contributed by atoms with Crippen LogP contribution in [0.25, 0.3) is 0 Å². The van der Waals surface area contributed by atoms with Crippen molar-refractivity contribution in [1.82, 2.24) is 4.98 Å². The third-order valence-electron chi connectivity index (χ3n) is 1.84. The molecule has 0 bridgehead atoms. The van der Waals surface area contributed by atoms with Gasteiger partial charge in [0.1, 0.15) is 0 Å². The molecule has 0 aliphatic carbocycles. The molecule has 0 radical (unpaired) electrons. The lowest BCUT2D eigenvalue weighted by Crippen LogP contribution is -1.95. The van der Waals surface area contributed by atoms with Gasteiger partial charge < -0.3 is 5.11 Å². The second-order valence-corrected chi connectivity index (χ2v) is 3.22. The van der Waals surface area contributed by atoms with E-state index in [0.29, 0.717) is 12.3 Å². The molecule has 0 aromatic carbocycles. The third kappa shape index (κ3) is 2.31. The van der Waals surface area contributed by atoms with Gasteiger partial charge in [0.2, 0.25) is 0 Å². The number of hydrogen-bond acceptors (Lipinski definition) is 2. The van der Waals surface area contributed by atoms with Gasteiger partial charge in [0.05, 0.1) is 0 Å². The van der Waals surface area contributed by atoms with E-state index in [9.17, 15) is 0 Å². The van der Waals surface area contributed by atoms with Crippen molar-refractivity contribution in [2.75, 3.05) is 6.61 Å². The normalized spacial score (nSPS) is 10.7. The fraction of sp³-hybridized carbons (Fsp3) is 0.500. The van der Waals surface area contributed by atoms with Gasteiger partial charge in [-0.2, -0.15) is 0 Å². The van der Waals surface area contributed by atoms with E-state index in [2.05, 4.69) is 18.8 Å². The number of pyridine rings is 1. The van der Waals surface area contributed by atoms with Crippen LogP contribution in [0.4, 0.5) is 0 Å². The zero-order valence-electron chi connectivity index (χ0n) is 7.62. The Morgan fingerprint density at radius 3 is 2.58 bits per heavy atom. The second kappa shape index (κ2) is 4.21. The molecule has 2 heteroatoms. The van der Waals surface area contributed by atoms with Gasteiger partial charge in [0.15, 0.2) is 0 Å². The van der Waals surface area contributed by atoms with Gasteiger partial charge in [-0.15, -0.1) is 0 Å². The van der Waals surface area contributed by atoms with Crippen LogP contribution in [0.15, 0.2) is 18.3 Å². The SMILES string of the molecule is CC(C)c1ccc(CCO)cn1. The number of hydrogen-bond donors (Lipinski definition) is 1. The zero-order valence-corrected chi connectivity index (χ0v) is 7.62. The topological polar surface area (TPSA) is 33.1 Å². The zero-order chi connectivity index (χ0) is 8.97. The monoisotopic (exact) mass is 165 g/mol. The molecule has 0 unspecified atom stereocenters. The Balaban J connectivity index is 2.71. The van der Waals surface area contributed by atoms with E-state index in [4.69, 9.17) is 5.11 Å². The largest absolute Gasteiger partial charge is 0.396 e. The van der Waals surface area contributed by atoms with Gasteiger partial charge in [-0.3, -0.25) is 4.98 Å². The molecule has 1 aromatic heterocycles. The third-order valence-corrected chi connectivity index (χ3v) is 1.84. The van der Waals surface area contributed by atoms with E-state index in [-0.39, 0.29) is 6.61 Å². The summed E-state index contributed by atoms with van der Waals surface area (Å²) in [7, 11) is 0. The minimum absolute atomic E-state index is 0.197. The van der Waals surface area contributed by atoms with Crippen LogP contribution < -0.4 is 0 Å². The second-order valence-electron chi connectivity index (χ2n) is 3.22. The molecule has 1 heterocycles. The molecule has 0 saturated heterocycles. The highest BCUT2D eigenvalue weighted by atomic mass is 16.2. The summed E-state index contributed by atoms with van der Waals surface area (Å²) >= 11 is 0. The molecule has 12 heavy (non-hydrogen) atoms. The number of aliphatic hydroxyl groups excluding tert-OH is 1. The first-order valence-electron chi connectivity index (χ1n) is 4.29. The summed E-state index contributed by atoms with van der Waals surface area (Å²) in [5, 5.41) is 8.67. The molecule has 2 nitrogen and oxygen atoms in total. The summed E-state index contributed by atoms with van der Waals surface area (Å²) in [5.41, 5.74) is 2.21. The van der Waals surface area contributed by atoms with Crippen molar-refractivity contribution in [3.8, 4) is 0 Å². The summed E-state index contributed by atoms with van der Waals surface area (Å²) in [4.78, 5) is 4.29. The molecule has 0 saturated carbocycles. The van der Waals surface area contributed by atoms with Crippen molar-refractivity contribution >= 4 is 0 Å². The average molecular weight is 165 g/mol. The maximum absolute atomic E-state index is 8.67. The van der Waals surface area contributed by atoms with Crippen molar-refractivity contribution < 1.29 is 5.11 Å². The van der Waals surface area contributed by atoms with Crippen LogP contribution in [0.5, 0.6) is 0 Å². The van der Waals surface area contributed by atoms with Gasteiger partial charge in [-0.1, -0.05) is 19.9 Å². The summed E-state index contributed by atoms with van der Waals surface area (Å²) in [6.07, 6.45) is 2.54. The van der Waals surface area contributed by atoms with E-state index in [1.54, 1.807) is 0 Å². The smallest absolute Gasteiger partial charge is 0.0472 e. The quantitative estimate of drug-likeness (QED) is 0.740. The van der Waals surface area contributed by atoms with Crippen LogP contribution in [0.3, 0.4) is 0 Å². The van der Waals surface area contributed by atoms with Gasteiger partial charge >= 0.3 is 0 Å². The molecule has 1 rings (SSSR count). The van der Waals surface area contributed by atoms with Crippen LogP contribution in [0, 0.1) is 0 Å². The lowest BCUT2D eigenvalue weighted by molar-refractivity contribution is 0.299. The fourth-order valence-corrected chi connectivity index (χ4v) is 1.05. The number of aromatic nitrogens is 1. The minimum atomic E-state index is 0.197.